The van der Waals surface area contributed by atoms with Crippen molar-refractivity contribution in [1.82, 2.24) is 15.5 Å². The first kappa shape index (κ1) is 25.9. The highest BCUT2D eigenvalue weighted by atomic mass is 127. The summed E-state index contributed by atoms with van der Waals surface area (Å²) in [6.45, 7) is 10.7. The monoisotopic (exact) mass is 530 g/mol. The molecule has 2 aliphatic heterocycles. The third-order valence-corrected chi connectivity index (χ3v) is 7.99. The molecule has 0 spiro atoms. The Bertz CT molecular complexity index is 572. The molecule has 0 unspecified atom stereocenters. The zero-order valence-corrected chi connectivity index (χ0v) is 20.9. The van der Waals surface area contributed by atoms with Gasteiger partial charge in [-0.25, -0.2) is 8.42 Å². The van der Waals surface area contributed by atoms with E-state index in [2.05, 4.69) is 27.4 Å². The van der Waals surface area contributed by atoms with Crippen LogP contribution in [0.4, 0.5) is 0 Å². The molecule has 0 bridgehead atoms. The molecule has 2 heterocycles. The second kappa shape index (κ2) is 12.5. The SMILES string of the molecule is CCNC(=NCC1(S(C)(=O)=O)CCOCC1)NCCCN1CCC(C)CC1.I. The highest BCUT2D eigenvalue weighted by Gasteiger charge is 2.42. The van der Waals surface area contributed by atoms with Crippen LogP contribution in [-0.2, 0) is 14.6 Å². The van der Waals surface area contributed by atoms with E-state index in [-0.39, 0.29) is 30.5 Å². The first-order valence-corrected chi connectivity index (χ1v) is 12.3. The fraction of sp³-hybridized carbons (Fsp3) is 0.947. The molecule has 0 radical (unpaired) electrons. The molecule has 2 fully saturated rings. The zero-order chi connectivity index (χ0) is 19.8. The molecule has 0 saturated carbocycles. The Labute approximate surface area is 188 Å². The maximum Gasteiger partial charge on any atom is 0.191 e. The average molecular weight is 531 g/mol. The van der Waals surface area contributed by atoms with E-state index in [1.807, 2.05) is 6.92 Å². The molecular formula is C19H39IN4O3S. The molecule has 0 aromatic heterocycles. The van der Waals surface area contributed by atoms with Gasteiger partial charge >= 0.3 is 0 Å². The van der Waals surface area contributed by atoms with Crippen LogP contribution in [0.1, 0.15) is 46.0 Å². The summed E-state index contributed by atoms with van der Waals surface area (Å²) in [6.07, 6.45) is 6.02. The van der Waals surface area contributed by atoms with Gasteiger partial charge in [-0.15, -0.1) is 24.0 Å². The topological polar surface area (TPSA) is 83.0 Å². The highest BCUT2D eigenvalue weighted by Crippen LogP contribution is 2.29. The second-order valence-corrected chi connectivity index (χ2v) is 10.5. The van der Waals surface area contributed by atoms with Crippen LogP contribution >= 0.6 is 24.0 Å². The number of ether oxygens (including phenoxy) is 1. The van der Waals surface area contributed by atoms with Gasteiger partial charge in [0.15, 0.2) is 15.8 Å². The van der Waals surface area contributed by atoms with E-state index in [9.17, 15) is 8.42 Å². The van der Waals surface area contributed by atoms with Gasteiger partial charge < -0.3 is 20.3 Å². The number of guanidine groups is 1. The lowest BCUT2D eigenvalue weighted by Crippen LogP contribution is -2.47. The normalized spacial score (nSPS) is 21.8. The fourth-order valence-electron chi connectivity index (χ4n) is 3.75. The number of piperidine rings is 1. The quantitative estimate of drug-likeness (QED) is 0.216. The van der Waals surface area contributed by atoms with E-state index in [0.29, 0.717) is 32.0 Å². The number of sulfone groups is 1. The molecule has 166 valence electrons. The fourth-order valence-corrected chi connectivity index (χ4v) is 4.96. The minimum Gasteiger partial charge on any atom is -0.381 e. The van der Waals surface area contributed by atoms with Crippen molar-refractivity contribution in [2.24, 2.45) is 10.9 Å². The van der Waals surface area contributed by atoms with Crippen LogP contribution in [0.25, 0.3) is 0 Å². The number of rotatable bonds is 8. The number of aliphatic imine (C=N–C) groups is 1. The summed E-state index contributed by atoms with van der Waals surface area (Å²) in [5, 5.41) is 6.60. The van der Waals surface area contributed by atoms with Crippen LogP contribution in [0.15, 0.2) is 4.99 Å². The van der Waals surface area contributed by atoms with Crippen molar-refractivity contribution in [3.05, 3.63) is 0 Å². The van der Waals surface area contributed by atoms with Gasteiger partial charge in [-0.3, -0.25) is 4.99 Å². The van der Waals surface area contributed by atoms with Gasteiger partial charge in [0, 0.05) is 32.6 Å². The molecule has 2 saturated heterocycles. The maximum absolute atomic E-state index is 12.4. The van der Waals surface area contributed by atoms with Crippen LogP contribution in [-0.4, -0.2) is 82.8 Å². The molecule has 2 N–H and O–H groups in total. The molecule has 0 aromatic carbocycles. The number of nitrogens with one attached hydrogen (secondary N) is 2. The lowest BCUT2D eigenvalue weighted by Gasteiger charge is -2.34. The Kier molecular flexibility index (Phi) is 11.6. The number of nitrogens with zero attached hydrogens (tertiary/aromatic N) is 2. The smallest absolute Gasteiger partial charge is 0.191 e. The molecule has 7 nitrogen and oxygen atoms in total. The number of likely N-dealkylation sites (tertiary alicyclic amines) is 1. The summed E-state index contributed by atoms with van der Waals surface area (Å²) in [7, 11) is -3.19. The lowest BCUT2D eigenvalue weighted by atomic mass is 9.99. The van der Waals surface area contributed by atoms with Crippen molar-refractivity contribution in [2.45, 2.75) is 50.7 Å². The van der Waals surface area contributed by atoms with Crippen molar-refractivity contribution in [3.63, 3.8) is 0 Å². The summed E-state index contributed by atoms with van der Waals surface area (Å²) in [6, 6.07) is 0. The molecule has 0 aromatic rings. The lowest BCUT2D eigenvalue weighted by molar-refractivity contribution is 0.0768. The molecule has 2 rings (SSSR count). The minimum absolute atomic E-state index is 0. The maximum atomic E-state index is 12.4. The van der Waals surface area contributed by atoms with Crippen molar-refractivity contribution in [1.29, 1.82) is 0 Å². The Hall–Kier alpha value is -0.130. The summed E-state index contributed by atoms with van der Waals surface area (Å²) >= 11 is 0. The summed E-state index contributed by atoms with van der Waals surface area (Å²) in [5.74, 6) is 1.57. The van der Waals surface area contributed by atoms with Crippen LogP contribution in [0.2, 0.25) is 0 Å². The van der Waals surface area contributed by atoms with Crippen molar-refractivity contribution in [3.8, 4) is 0 Å². The second-order valence-electron chi connectivity index (χ2n) is 8.07. The van der Waals surface area contributed by atoms with Crippen LogP contribution in [0.5, 0.6) is 0 Å². The van der Waals surface area contributed by atoms with Gasteiger partial charge in [-0.05, 0) is 64.6 Å². The summed E-state index contributed by atoms with van der Waals surface area (Å²) in [5.41, 5.74) is 0. The predicted molar refractivity (Wildman–Crippen MR) is 126 cm³/mol. The van der Waals surface area contributed by atoms with Crippen molar-refractivity contribution < 1.29 is 13.2 Å². The van der Waals surface area contributed by atoms with Gasteiger partial charge in [0.1, 0.15) is 0 Å². The van der Waals surface area contributed by atoms with Crippen molar-refractivity contribution in [2.75, 3.05) is 58.7 Å². The number of hydrogen-bond acceptors (Lipinski definition) is 5. The summed E-state index contributed by atoms with van der Waals surface area (Å²) < 4.78 is 29.3. The van der Waals surface area contributed by atoms with Gasteiger partial charge in [0.2, 0.25) is 0 Å². The van der Waals surface area contributed by atoms with Crippen molar-refractivity contribution >= 4 is 39.8 Å². The number of hydrogen-bond donors (Lipinski definition) is 2. The largest absolute Gasteiger partial charge is 0.381 e. The Morgan fingerprint density at radius 3 is 2.43 bits per heavy atom. The van der Waals surface area contributed by atoms with E-state index in [1.165, 1.54) is 32.2 Å². The predicted octanol–water partition coefficient (Wildman–Crippen LogP) is 1.88. The van der Waals surface area contributed by atoms with E-state index in [4.69, 9.17) is 4.74 Å². The van der Waals surface area contributed by atoms with Gasteiger partial charge in [0.05, 0.1) is 11.3 Å². The molecule has 9 heteroatoms. The highest BCUT2D eigenvalue weighted by molar-refractivity contribution is 14.0. The Morgan fingerprint density at radius 1 is 1.21 bits per heavy atom. The van der Waals surface area contributed by atoms with Gasteiger partial charge in [-0.2, -0.15) is 0 Å². The third-order valence-electron chi connectivity index (χ3n) is 5.88. The molecule has 28 heavy (non-hydrogen) atoms. The first-order chi connectivity index (χ1) is 12.9. The van der Waals surface area contributed by atoms with E-state index < -0.39 is 14.6 Å². The molecule has 0 aliphatic carbocycles. The molecular weight excluding hydrogens is 491 g/mol. The van der Waals surface area contributed by atoms with Crippen LogP contribution < -0.4 is 10.6 Å². The van der Waals surface area contributed by atoms with Crippen LogP contribution in [0.3, 0.4) is 0 Å². The first-order valence-electron chi connectivity index (χ1n) is 10.4. The molecule has 2 aliphatic rings. The zero-order valence-electron chi connectivity index (χ0n) is 17.7. The van der Waals surface area contributed by atoms with Gasteiger partial charge in [-0.1, -0.05) is 6.92 Å². The number of halogens is 1. The summed E-state index contributed by atoms with van der Waals surface area (Å²) in [4.78, 5) is 7.15. The van der Waals surface area contributed by atoms with E-state index in [0.717, 1.165) is 32.0 Å². The third kappa shape index (κ3) is 7.95. The Balaban J connectivity index is 0.00000392. The molecule has 0 amide bonds. The van der Waals surface area contributed by atoms with E-state index in [1.54, 1.807) is 0 Å². The van der Waals surface area contributed by atoms with Gasteiger partial charge in [0.25, 0.3) is 0 Å². The average Bonchev–Trinajstić information content (AvgIpc) is 2.64. The van der Waals surface area contributed by atoms with Crippen LogP contribution in [0, 0.1) is 5.92 Å². The minimum atomic E-state index is -3.19. The molecule has 0 atom stereocenters. The Morgan fingerprint density at radius 2 is 1.86 bits per heavy atom. The standard InChI is InChI=1S/C19H38N4O3S.HI/c1-4-20-18(21-10-5-11-23-12-6-17(2)7-13-23)22-16-19(27(3,24)25)8-14-26-15-9-19;/h17H,4-16H2,1-3H3,(H2,20,21,22);1H. The van der Waals surface area contributed by atoms with E-state index >= 15 is 0 Å².